The van der Waals surface area contributed by atoms with E-state index < -0.39 is 0 Å². The van der Waals surface area contributed by atoms with Gasteiger partial charge in [-0.2, -0.15) is 4.57 Å². The van der Waals surface area contributed by atoms with Crippen molar-refractivity contribution in [3.8, 4) is 11.3 Å². The Morgan fingerprint density at radius 1 is 0.880 bits per heavy atom. The molecule has 0 amide bonds. The SMILES string of the molecule is O=C(C[n+]1ccncc1-c1ccc2ccccc2c1)c1ccccc1. The largest absolute Gasteiger partial charge is 0.287 e. The summed E-state index contributed by atoms with van der Waals surface area (Å²) in [5.74, 6) is 0.0823. The molecule has 0 radical (unpaired) electrons. The second kappa shape index (κ2) is 6.65. The van der Waals surface area contributed by atoms with Crippen LogP contribution in [0.5, 0.6) is 0 Å². The highest BCUT2D eigenvalue weighted by molar-refractivity contribution is 5.95. The Bertz CT molecular complexity index is 1040. The Hall–Kier alpha value is -3.33. The van der Waals surface area contributed by atoms with E-state index in [0.29, 0.717) is 0 Å². The number of ketones is 1. The summed E-state index contributed by atoms with van der Waals surface area (Å²) >= 11 is 0. The third-order valence-electron chi connectivity index (χ3n) is 4.29. The Morgan fingerprint density at radius 3 is 2.48 bits per heavy atom. The summed E-state index contributed by atoms with van der Waals surface area (Å²) in [7, 11) is 0. The van der Waals surface area contributed by atoms with Gasteiger partial charge in [0.15, 0.2) is 6.20 Å². The third kappa shape index (κ3) is 3.17. The first-order chi connectivity index (χ1) is 12.3. The van der Waals surface area contributed by atoms with Gasteiger partial charge in [-0.1, -0.05) is 60.7 Å². The molecule has 1 aromatic heterocycles. The van der Waals surface area contributed by atoms with Crippen molar-refractivity contribution in [2.45, 2.75) is 6.54 Å². The smallest absolute Gasteiger partial charge is 0.231 e. The standard InChI is InChI=1S/C22H17N2O/c25-22(18-7-2-1-3-8-18)16-24-13-12-23-15-21(24)20-11-10-17-6-4-5-9-19(17)14-20/h1-15H,16H2/q+1. The number of aromatic nitrogens is 2. The summed E-state index contributed by atoms with van der Waals surface area (Å²) in [6, 6.07) is 23.9. The fourth-order valence-electron chi connectivity index (χ4n) is 2.98. The van der Waals surface area contributed by atoms with E-state index >= 15 is 0 Å². The first-order valence-electron chi connectivity index (χ1n) is 8.22. The van der Waals surface area contributed by atoms with E-state index in [2.05, 4.69) is 35.3 Å². The molecule has 0 fully saturated rings. The van der Waals surface area contributed by atoms with Crippen LogP contribution in [-0.2, 0) is 6.54 Å². The number of hydrogen-bond acceptors (Lipinski definition) is 2. The van der Waals surface area contributed by atoms with Crippen molar-refractivity contribution < 1.29 is 9.36 Å². The first-order valence-corrected chi connectivity index (χ1v) is 8.22. The van der Waals surface area contributed by atoms with Gasteiger partial charge in [0.1, 0.15) is 0 Å². The summed E-state index contributed by atoms with van der Waals surface area (Å²) < 4.78 is 1.95. The maximum absolute atomic E-state index is 12.6. The molecule has 0 aliphatic carbocycles. The molecule has 0 unspecified atom stereocenters. The van der Waals surface area contributed by atoms with Crippen LogP contribution in [0.3, 0.4) is 0 Å². The van der Waals surface area contributed by atoms with Crippen LogP contribution in [0.25, 0.3) is 22.0 Å². The van der Waals surface area contributed by atoms with Gasteiger partial charge >= 0.3 is 0 Å². The molecule has 25 heavy (non-hydrogen) atoms. The molecule has 4 rings (SSSR count). The number of rotatable bonds is 4. The molecule has 3 nitrogen and oxygen atoms in total. The van der Waals surface area contributed by atoms with Crippen LogP contribution < -0.4 is 4.57 Å². The summed E-state index contributed by atoms with van der Waals surface area (Å²) in [4.78, 5) is 16.8. The molecule has 4 aromatic rings. The molecule has 3 heteroatoms. The lowest BCUT2D eigenvalue weighted by molar-refractivity contribution is -0.672. The van der Waals surface area contributed by atoms with Gasteiger partial charge in [-0.05, 0) is 22.9 Å². The fraction of sp³-hybridized carbons (Fsp3) is 0.0455. The summed E-state index contributed by atoms with van der Waals surface area (Å²) in [6.45, 7) is 0.286. The summed E-state index contributed by atoms with van der Waals surface area (Å²) in [6.07, 6.45) is 5.37. The minimum Gasteiger partial charge on any atom is -0.287 e. The minimum absolute atomic E-state index is 0.0823. The molecule has 0 saturated carbocycles. The number of nitrogens with zero attached hydrogens (tertiary/aromatic N) is 2. The van der Waals surface area contributed by atoms with Crippen molar-refractivity contribution in [1.82, 2.24) is 4.98 Å². The van der Waals surface area contributed by atoms with E-state index in [4.69, 9.17) is 0 Å². The van der Waals surface area contributed by atoms with Crippen molar-refractivity contribution in [1.29, 1.82) is 0 Å². The molecule has 0 spiro atoms. The van der Waals surface area contributed by atoms with E-state index in [1.54, 1.807) is 6.20 Å². The quantitative estimate of drug-likeness (QED) is 0.419. The molecule has 3 aromatic carbocycles. The third-order valence-corrected chi connectivity index (χ3v) is 4.29. The molecular formula is C22H17N2O+. The molecule has 0 bridgehead atoms. The van der Waals surface area contributed by atoms with Crippen LogP contribution in [0.4, 0.5) is 0 Å². The zero-order valence-electron chi connectivity index (χ0n) is 13.7. The second-order valence-electron chi connectivity index (χ2n) is 5.94. The highest BCUT2D eigenvalue weighted by Crippen LogP contribution is 2.21. The highest BCUT2D eigenvalue weighted by Gasteiger charge is 2.18. The van der Waals surface area contributed by atoms with Crippen molar-refractivity contribution >= 4 is 16.6 Å². The Balaban J connectivity index is 1.72. The second-order valence-corrected chi connectivity index (χ2v) is 5.94. The molecule has 0 N–H and O–H groups in total. The number of fused-ring (bicyclic) bond motifs is 1. The van der Waals surface area contributed by atoms with Crippen LogP contribution in [0.1, 0.15) is 10.4 Å². The van der Waals surface area contributed by atoms with Crippen molar-refractivity contribution in [2.75, 3.05) is 0 Å². The van der Waals surface area contributed by atoms with Crippen LogP contribution in [-0.4, -0.2) is 10.8 Å². The molecular weight excluding hydrogens is 308 g/mol. The molecule has 1 heterocycles. The van der Waals surface area contributed by atoms with Crippen molar-refractivity contribution in [3.63, 3.8) is 0 Å². The predicted molar refractivity (Wildman–Crippen MR) is 98.1 cm³/mol. The Morgan fingerprint density at radius 2 is 1.64 bits per heavy atom. The summed E-state index contributed by atoms with van der Waals surface area (Å²) in [5, 5.41) is 2.37. The highest BCUT2D eigenvalue weighted by atomic mass is 16.1. The van der Waals surface area contributed by atoms with E-state index in [-0.39, 0.29) is 12.3 Å². The minimum atomic E-state index is 0.0823. The number of carbonyl (C=O) groups is 1. The lowest BCUT2D eigenvalue weighted by atomic mass is 10.0. The zero-order valence-corrected chi connectivity index (χ0v) is 13.7. The van der Waals surface area contributed by atoms with Gasteiger partial charge in [-0.15, -0.1) is 0 Å². The van der Waals surface area contributed by atoms with E-state index in [1.807, 2.05) is 59.4 Å². The van der Waals surface area contributed by atoms with Crippen molar-refractivity contribution in [2.24, 2.45) is 0 Å². The Kier molecular flexibility index (Phi) is 4.05. The first kappa shape index (κ1) is 15.2. The molecule has 0 atom stereocenters. The normalized spacial score (nSPS) is 10.7. The van der Waals surface area contributed by atoms with Gasteiger partial charge < -0.3 is 0 Å². The topological polar surface area (TPSA) is 33.8 Å². The van der Waals surface area contributed by atoms with Crippen LogP contribution in [0.15, 0.2) is 91.4 Å². The van der Waals surface area contributed by atoms with Gasteiger partial charge in [-0.3, -0.25) is 9.78 Å². The molecule has 0 aliphatic rings. The number of benzene rings is 3. The molecule has 120 valence electrons. The number of hydrogen-bond donors (Lipinski definition) is 0. The van der Waals surface area contributed by atoms with Gasteiger partial charge in [-0.25, -0.2) is 0 Å². The van der Waals surface area contributed by atoms with Crippen LogP contribution in [0, 0.1) is 0 Å². The van der Waals surface area contributed by atoms with E-state index in [0.717, 1.165) is 16.8 Å². The zero-order chi connectivity index (χ0) is 17.1. The monoisotopic (exact) mass is 325 g/mol. The van der Waals surface area contributed by atoms with Gasteiger partial charge in [0.05, 0.1) is 12.4 Å². The average Bonchev–Trinajstić information content (AvgIpc) is 2.69. The maximum Gasteiger partial charge on any atom is 0.231 e. The van der Waals surface area contributed by atoms with Gasteiger partial charge in [0, 0.05) is 11.1 Å². The number of carbonyl (C=O) groups excluding carboxylic acids is 1. The van der Waals surface area contributed by atoms with Crippen LogP contribution in [0.2, 0.25) is 0 Å². The number of Topliss-reactive ketones (excluding diaryl/α,β-unsaturated/α-hetero) is 1. The van der Waals surface area contributed by atoms with E-state index in [9.17, 15) is 4.79 Å². The van der Waals surface area contributed by atoms with E-state index in [1.165, 1.54) is 10.8 Å². The molecule has 0 aliphatic heterocycles. The average molecular weight is 325 g/mol. The Labute approximate surface area is 146 Å². The van der Waals surface area contributed by atoms with Crippen molar-refractivity contribution in [3.05, 3.63) is 97.0 Å². The van der Waals surface area contributed by atoms with Gasteiger partial charge in [0.2, 0.25) is 18.0 Å². The maximum atomic E-state index is 12.6. The predicted octanol–water partition coefficient (Wildman–Crippen LogP) is 4.07. The molecule has 0 saturated heterocycles. The fourth-order valence-corrected chi connectivity index (χ4v) is 2.98. The summed E-state index contributed by atoms with van der Waals surface area (Å²) in [5.41, 5.74) is 2.70. The van der Waals surface area contributed by atoms with Gasteiger partial charge in [0.25, 0.3) is 0 Å². The lowest BCUT2D eigenvalue weighted by Gasteiger charge is -2.05. The van der Waals surface area contributed by atoms with Crippen LogP contribution >= 0.6 is 0 Å². The lowest BCUT2D eigenvalue weighted by Crippen LogP contribution is -2.40.